The molecule has 1 unspecified atom stereocenters. The smallest absolute Gasteiger partial charge is 0.323 e. The van der Waals surface area contributed by atoms with Crippen LogP contribution in [0.15, 0.2) is 24.3 Å². The molecule has 1 saturated heterocycles. The third-order valence-electron chi connectivity index (χ3n) is 3.49. The highest BCUT2D eigenvalue weighted by Gasteiger charge is 2.25. The summed E-state index contributed by atoms with van der Waals surface area (Å²) in [6.45, 7) is 1.98. The highest BCUT2D eigenvalue weighted by atomic mass is 35.5. The molecule has 0 amide bonds. The van der Waals surface area contributed by atoms with Gasteiger partial charge in [-0.05, 0) is 44.6 Å². The predicted molar refractivity (Wildman–Crippen MR) is 77.0 cm³/mol. The lowest BCUT2D eigenvalue weighted by Gasteiger charge is -2.38. The van der Waals surface area contributed by atoms with Crippen molar-refractivity contribution in [3.8, 4) is 0 Å². The SMILES string of the molecule is CN1CCCC(N(CC(=O)O)c2cccc(Cl)c2)C1. The van der Waals surface area contributed by atoms with Gasteiger partial charge in [-0.2, -0.15) is 0 Å². The van der Waals surface area contributed by atoms with E-state index >= 15 is 0 Å². The van der Waals surface area contributed by atoms with Crippen LogP contribution in [0.2, 0.25) is 5.02 Å². The quantitative estimate of drug-likeness (QED) is 0.920. The standard InChI is InChI=1S/C14H19ClN2O2/c1-16-7-3-6-13(9-16)17(10-14(18)19)12-5-2-4-11(15)8-12/h2,4-5,8,13H,3,6-7,9-10H2,1H3,(H,18,19). The third-order valence-corrected chi connectivity index (χ3v) is 3.72. The zero-order valence-electron chi connectivity index (χ0n) is 11.1. The number of nitrogens with zero attached hydrogens (tertiary/aromatic N) is 2. The summed E-state index contributed by atoms with van der Waals surface area (Å²) in [5.41, 5.74) is 0.884. The van der Waals surface area contributed by atoms with Gasteiger partial charge < -0.3 is 14.9 Å². The normalized spacial score (nSPS) is 20.2. The number of aliphatic carboxylic acids is 1. The number of halogens is 1. The van der Waals surface area contributed by atoms with Gasteiger partial charge in [0.1, 0.15) is 6.54 Å². The molecule has 0 radical (unpaired) electrons. The number of likely N-dealkylation sites (N-methyl/N-ethyl adjacent to an activating group) is 1. The molecule has 0 saturated carbocycles. The van der Waals surface area contributed by atoms with Crippen molar-refractivity contribution in [1.29, 1.82) is 0 Å². The molecule has 0 aliphatic carbocycles. The molecule has 1 aliphatic heterocycles. The van der Waals surface area contributed by atoms with Crippen LogP contribution in [0.5, 0.6) is 0 Å². The van der Waals surface area contributed by atoms with Crippen LogP contribution in [0.25, 0.3) is 0 Å². The summed E-state index contributed by atoms with van der Waals surface area (Å²) in [6, 6.07) is 7.65. The number of rotatable bonds is 4. The largest absolute Gasteiger partial charge is 0.480 e. The lowest BCUT2D eigenvalue weighted by molar-refractivity contribution is -0.135. The second-order valence-corrected chi connectivity index (χ2v) is 5.50. The van der Waals surface area contributed by atoms with Crippen LogP contribution in [0.4, 0.5) is 5.69 Å². The van der Waals surface area contributed by atoms with Crippen molar-refractivity contribution in [2.24, 2.45) is 0 Å². The monoisotopic (exact) mass is 282 g/mol. The molecular formula is C14H19ClN2O2. The third kappa shape index (κ3) is 3.85. The number of carbonyl (C=O) groups is 1. The second kappa shape index (κ2) is 6.26. The zero-order chi connectivity index (χ0) is 13.8. The number of hydrogen-bond acceptors (Lipinski definition) is 3. The van der Waals surface area contributed by atoms with Crippen LogP contribution in [0, 0.1) is 0 Å². The Morgan fingerprint density at radius 1 is 1.58 bits per heavy atom. The molecule has 1 aliphatic rings. The van der Waals surface area contributed by atoms with Gasteiger partial charge in [0.05, 0.1) is 0 Å². The van der Waals surface area contributed by atoms with Gasteiger partial charge in [0, 0.05) is 23.3 Å². The van der Waals surface area contributed by atoms with Gasteiger partial charge in [-0.1, -0.05) is 17.7 Å². The van der Waals surface area contributed by atoms with Gasteiger partial charge in [-0.15, -0.1) is 0 Å². The van der Waals surface area contributed by atoms with E-state index in [1.807, 2.05) is 23.1 Å². The van der Waals surface area contributed by atoms with E-state index in [1.54, 1.807) is 6.07 Å². The maximum absolute atomic E-state index is 11.1. The molecular weight excluding hydrogens is 264 g/mol. The van der Waals surface area contributed by atoms with Crippen LogP contribution < -0.4 is 4.90 Å². The minimum absolute atomic E-state index is 0.0127. The summed E-state index contributed by atoms with van der Waals surface area (Å²) in [5, 5.41) is 9.76. The highest BCUT2D eigenvalue weighted by Crippen LogP contribution is 2.25. The molecule has 1 atom stereocenters. The van der Waals surface area contributed by atoms with Crippen molar-refractivity contribution < 1.29 is 9.90 Å². The Morgan fingerprint density at radius 3 is 3.00 bits per heavy atom. The van der Waals surface area contributed by atoms with Gasteiger partial charge in [-0.3, -0.25) is 4.79 Å². The first-order chi connectivity index (χ1) is 9.06. The molecule has 4 nitrogen and oxygen atoms in total. The fourth-order valence-electron chi connectivity index (χ4n) is 2.63. The Labute approximate surface area is 118 Å². The highest BCUT2D eigenvalue weighted by molar-refractivity contribution is 6.30. The average molecular weight is 283 g/mol. The van der Waals surface area contributed by atoms with E-state index in [4.69, 9.17) is 16.7 Å². The first kappa shape index (κ1) is 14.2. The molecule has 1 aromatic rings. The number of benzene rings is 1. The van der Waals surface area contributed by atoms with Gasteiger partial charge >= 0.3 is 5.97 Å². The summed E-state index contributed by atoms with van der Waals surface area (Å²) in [5.74, 6) is -0.812. The van der Waals surface area contributed by atoms with Gasteiger partial charge in [0.25, 0.3) is 0 Å². The van der Waals surface area contributed by atoms with Crippen molar-refractivity contribution in [3.05, 3.63) is 29.3 Å². The average Bonchev–Trinajstić information content (AvgIpc) is 2.35. The van der Waals surface area contributed by atoms with E-state index in [-0.39, 0.29) is 12.6 Å². The Bertz CT molecular complexity index is 453. The van der Waals surface area contributed by atoms with Crippen LogP contribution in [0.3, 0.4) is 0 Å². The van der Waals surface area contributed by atoms with E-state index in [9.17, 15) is 4.79 Å². The molecule has 1 aromatic carbocycles. The fourth-order valence-corrected chi connectivity index (χ4v) is 2.81. The van der Waals surface area contributed by atoms with Crippen molar-refractivity contribution in [2.75, 3.05) is 31.6 Å². The number of hydrogen-bond donors (Lipinski definition) is 1. The van der Waals surface area contributed by atoms with E-state index in [0.717, 1.165) is 31.6 Å². The Kier molecular flexibility index (Phi) is 4.66. The summed E-state index contributed by atoms with van der Waals surface area (Å²) in [4.78, 5) is 15.3. The first-order valence-corrected chi connectivity index (χ1v) is 6.86. The van der Waals surface area contributed by atoms with Crippen molar-refractivity contribution in [2.45, 2.75) is 18.9 Å². The van der Waals surface area contributed by atoms with Crippen LogP contribution >= 0.6 is 11.6 Å². The molecule has 1 heterocycles. The summed E-state index contributed by atoms with van der Waals surface area (Å²) < 4.78 is 0. The minimum atomic E-state index is -0.812. The number of piperidine rings is 1. The summed E-state index contributed by atoms with van der Waals surface area (Å²) >= 11 is 6.01. The van der Waals surface area contributed by atoms with Crippen LogP contribution in [-0.4, -0.2) is 48.7 Å². The molecule has 19 heavy (non-hydrogen) atoms. The molecule has 5 heteroatoms. The van der Waals surface area contributed by atoms with Crippen molar-refractivity contribution in [3.63, 3.8) is 0 Å². The van der Waals surface area contributed by atoms with E-state index in [2.05, 4.69) is 11.9 Å². The van der Waals surface area contributed by atoms with E-state index < -0.39 is 5.97 Å². The summed E-state index contributed by atoms with van der Waals surface area (Å²) in [7, 11) is 2.07. The Hall–Kier alpha value is -1.26. The number of likely N-dealkylation sites (tertiary alicyclic amines) is 1. The fraction of sp³-hybridized carbons (Fsp3) is 0.500. The van der Waals surface area contributed by atoms with E-state index in [0.29, 0.717) is 5.02 Å². The van der Waals surface area contributed by atoms with Crippen molar-refractivity contribution >= 4 is 23.3 Å². The van der Waals surface area contributed by atoms with Gasteiger partial charge in [0.15, 0.2) is 0 Å². The maximum atomic E-state index is 11.1. The molecule has 2 rings (SSSR count). The first-order valence-electron chi connectivity index (χ1n) is 6.49. The molecule has 1 N–H and O–H groups in total. The Morgan fingerprint density at radius 2 is 2.37 bits per heavy atom. The zero-order valence-corrected chi connectivity index (χ0v) is 11.8. The molecule has 1 fully saturated rings. The summed E-state index contributed by atoms with van der Waals surface area (Å²) in [6.07, 6.45) is 2.11. The lowest BCUT2D eigenvalue weighted by Crippen LogP contribution is -2.48. The number of carboxylic acids is 1. The minimum Gasteiger partial charge on any atom is -0.480 e. The van der Waals surface area contributed by atoms with Gasteiger partial charge in [0.2, 0.25) is 0 Å². The Balaban J connectivity index is 2.22. The van der Waals surface area contributed by atoms with E-state index in [1.165, 1.54) is 0 Å². The van der Waals surface area contributed by atoms with Gasteiger partial charge in [-0.25, -0.2) is 0 Å². The molecule has 104 valence electrons. The van der Waals surface area contributed by atoms with Crippen LogP contribution in [-0.2, 0) is 4.79 Å². The lowest BCUT2D eigenvalue weighted by atomic mass is 10.0. The molecule has 0 aromatic heterocycles. The number of anilines is 1. The van der Waals surface area contributed by atoms with Crippen molar-refractivity contribution in [1.82, 2.24) is 4.90 Å². The molecule has 0 spiro atoms. The topological polar surface area (TPSA) is 43.8 Å². The maximum Gasteiger partial charge on any atom is 0.323 e. The predicted octanol–water partition coefficient (Wildman–Crippen LogP) is 2.33. The molecule has 0 bridgehead atoms. The second-order valence-electron chi connectivity index (χ2n) is 5.06. The van der Waals surface area contributed by atoms with Crippen LogP contribution in [0.1, 0.15) is 12.8 Å². The number of carboxylic acid groups (broad SMARTS) is 1.